The molecule has 0 radical (unpaired) electrons. The Hall–Kier alpha value is -3.51. The average Bonchev–Trinajstić information content (AvgIpc) is 3.40. The van der Waals surface area contributed by atoms with Crippen molar-refractivity contribution in [1.82, 2.24) is 24.6 Å². The van der Waals surface area contributed by atoms with Crippen molar-refractivity contribution in [2.75, 3.05) is 26.1 Å². The van der Waals surface area contributed by atoms with Crippen LogP contribution in [0.25, 0.3) is 11.3 Å². The normalized spacial score (nSPS) is 13.6. The Labute approximate surface area is 227 Å². The smallest absolute Gasteiger partial charge is 0.459 e. The van der Waals surface area contributed by atoms with Gasteiger partial charge in [-0.25, -0.2) is 14.5 Å². The minimum Gasteiger partial charge on any atom is -0.480 e. The van der Waals surface area contributed by atoms with E-state index < -0.39 is 19.8 Å². The van der Waals surface area contributed by atoms with Gasteiger partial charge in [0.2, 0.25) is 11.8 Å². The second-order valence-electron chi connectivity index (χ2n) is 8.42. The summed E-state index contributed by atoms with van der Waals surface area (Å²) in [7, 11) is -2.48. The summed E-state index contributed by atoms with van der Waals surface area (Å²) >= 11 is 0. The SMILES string of the molecule is CCC(CC)OC(=O)[C@@H](C)NP(=O)(OCCOCn1cnc(-c2cnc(N)nc2OC)c1)Oc1ccccc1. The summed E-state index contributed by atoms with van der Waals surface area (Å²) in [5.41, 5.74) is 6.76. The van der Waals surface area contributed by atoms with Crippen LogP contribution in [0.3, 0.4) is 0 Å². The molecule has 2 heterocycles. The lowest BCUT2D eigenvalue weighted by molar-refractivity contribution is -0.151. The van der Waals surface area contributed by atoms with E-state index in [2.05, 4.69) is 20.0 Å². The van der Waals surface area contributed by atoms with Gasteiger partial charge < -0.3 is 29.0 Å². The number of benzene rings is 1. The van der Waals surface area contributed by atoms with E-state index in [-0.39, 0.29) is 32.0 Å². The van der Waals surface area contributed by atoms with E-state index >= 15 is 0 Å². The van der Waals surface area contributed by atoms with Crippen LogP contribution in [0.15, 0.2) is 49.1 Å². The highest BCUT2D eigenvalue weighted by Crippen LogP contribution is 2.44. The van der Waals surface area contributed by atoms with Gasteiger partial charge >= 0.3 is 13.7 Å². The molecule has 13 nitrogen and oxygen atoms in total. The van der Waals surface area contributed by atoms with Crippen LogP contribution >= 0.6 is 7.75 Å². The van der Waals surface area contributed by atoms with Gasteiger partial charge in [-0.15, -0.1) is 0 Å². The largest absolute Gasteiger partial charge is 0.480 e. The minimum absolute atomic E-state index is 0.0768. The quantitative estimate of drug-likeness (QED) is 0.148. The summed E-state index contributed by atoms with van der Waals surface area (Å²) in [4.78, 5) is 24.9. The fraction of sp³-hybridized carbons (Fsp3) is 0.440. The van der Waals surface area contributed by atoms with Crippen molar-refractivity contribution in [1.29, 1.82) is 0 Å². The minimum atomic E-state index is -3.96. The van der Waals surface area contributed by atoms with Crippen LogP contribution in [0.4, 0.5) is 5.95 Å². The molecule has 3 aromatic rings. The molecule has 3 N–H and O–H groups in total. The molecule has 0 spiro atoms. The van der Waals surface area contributed by atoms with Gasteiger partial charge in [-0.3, -0.25) is 9.32 Å². The van der Waals surface area contributed by atoms with Gasteiger partial charge in [-0.05, 0) is 31.9 Å². The van der Waals surface area contributed by atoms with Gasteiger partial charge in [0.25, 0.3) is 0 Å². The number of imidazole rings is 1. The number of nitrogens with two attached hydrogens (primary N) is 1. The summed E-state index contributed by atoms with van der Waals surface area (Å²) < 4.78 is 42.8. The predicted molar refractivity (Wildman–Crippen MR) is 144 cm³/mol. The highest BCUT2D eigenvalue weighted by atomic mass is 31.2. The van der Waals surface area contributed by atoms with Crippen molar-refractivity contribution in [3.8, 4) is 22.9 Å². The number of carbonyl (C=O) groups excluding carboxylic acids is 1. The molecule has 0 bridgehead atoms. The number of rotatable bonds is 16. The third kappa shape index (κ3) is 9.03. The Kier molecular flexibility index (Phi) is 11.2. The van der Waals surface area contributed by atoms with Gasteiger partial charge in [0.15, 0.2) is 0 Å². The topological polar surface area (TPSA) is 162 Å². The monoisotopic (exact) mass is 562 g/mol. The van der Waals surface area contributed by atoms with Crippen molar-refractivity contribution in [3.63, 3.8) is 0 Å². The molecule has 0 saturated carbocycles. The van der Waals surface area contributed by atoms with E-state index in [1.54, 1.807) is 54.3 Å². The van der Waals surface area contributed by atoms with Crippen molar-refractivity contribution >= 4 is 19.7 Å². The number of aromatic nitrogens is 4. The van der Waals surface area contributed by atoms with Crippen LogP contribution in [0.5, 0.6) is 11.6 Å². The maximum absolute atomic E-state index is 13.5. The highest BCUT2D eigenvalue weighted by Gasteiger charge is 2.32. The third-order valence-corrected chi connectivity index (χ3v) is 7.15. The van der Waals surface area contributed by atoms with Crippen LogP contribution < -0.4 is 20.1 Å². The predicted octanol–water partition coefficient (Wildman–Crippen LogP) is 3.82. The summed E-state index contributed by atoms with van der Waals surface area (Å²) in [6.45, 7) is 5.55. The lowest BCUT2D eigenvalue weighted by Crippen LogP contribution is -2.37. The van der Waals surface area contributed by atoms with Gasteiger partial charge in [0, 0.05) is 12.4 Å². The van der Waals surface area contributed by atoms with Crippen molar-refractivity contribution in [2.24, 2.45) is 0 Å². The molecule has 2 atom stereocenters. The summed E-state index contributed by atoms with van der Waals surface area (Å²) in [6.07, 6.45) is 5.98. The number of nitrogen functional groups attached to an aromatic ring is 1. The van der Waals surface area contributed by atoms with Crippen molar-refractivity contribution < 1.29 is 32.6 Å². The number of carbonyl (C=O) groups is 1. The first-order valence-electron chi connectivity index (χ1n) is 12.5. The average molecular weight is 563 g/mol. The molecule has 14 heteroatoms. The number of ether oxygens (including phenoxy) is 3. The molecule has 2 aromatic heterocycles. The molecule has 1 unspecified atom stereocenters. The molecule has 0 amide bonds. The second kappa shape index (κ2) is 14.6. The Morgan fingerprint density at radius 2 is 1.90 bits per heavy atom. The second-order valence-corrected chi connectivity index (χ2v) is 10.1. The maximum Gasteiger partial charge on any atom is 0.459 e. The van der Waals surface area contributed by atoms with Crippen LogP contribution in [0, 0.1) is 0 Å². The van der Waals surface area contributed by atoms with Crippen molar-refractivity contribution in [2.45, 2.75) is 52.5 Å². The Bertz CT molecular complexity index is 1240. The zero-order valence-corrected chi connectivity index (χ0v) is 23.4. The Morgan fingerprint density at radius 3 is 2.59 bits per heavy atom. The van der Waals surface area contributed by atoms with Gasteiger partial charge in [0.1, 0.15) is 24.6 Å². The number of hydrogen-bond donors (Lipinski definition) is 2. The lowest BCUT2D eigenvalue weighted by Gasteiger charge is -2.24. The van der Waals surface area contributed by atoms with E-state index in [1.165, 1.54) is 13.3 Å². The number of esters is 1. The maximum atomic E-state index is 13.5. The summed E-state index contributed by atoms with van der Waals surface area (Å²) in [6, 6.07) is 7.61. The number of methoxy groups -OCH3 is 1. The molecule has 0 aliphatic heterocycles. The first-order valence-corrected chi connectivity index (χ1v) is 14.0. The standard InChI is InChI=1S/C25H35N6O7P/c1-5-19(6-2)37-24(32)18(3)30-39(33,38-20-10-8-7-9-11-20)36-13-12-35-17-31-15-22(28-16-31)21-14-27-25(26)29-23(21)34-4/h7-11,14-16,18-19H,5-6,12-13,17H2,1-4H3,(H,30,33)(H2,26,27,29)/t18-,39?/m1/s1. The fourth-order valence-corrected chi connectivity index (χ4v) is 4.86. The number of anilines is 1. The molecule has 212 valence electrons. The van der Waals surface area contributed by atoms with Gasteiger partial charge in [-0.2, -0.15) is 10.1 Å². The van der Waals surface area contributed by atoms with E-state index in [0.29, 0.717) is 35.7 Å². The van der Waals surface area contributed by atoms with Gasteiger partial charge in [0.05, 0.1) is 37.9 Å². The van der Waals surface area contributed by atoms with Crippen molar-refractivity contribution in [3.05, 3.63) is 49.1 Å². The third-order valence-electron chi connectivity index (χ3n) is 5.47. The molecular weight excluding hydrogens is 527 g/mol. The Balaban J connectivity index is 1.56. The van der Waals surface area contributed by atoms with Gasteiger partial charge in [-0.1, -0.05) is 32.0 Å². The van der Waals surface area contributed by atoms with E-state index in [0.717, 1.165) is 0 Å². The molecular formula is C25H35N6O7P. The highest BCUT2D eigenvalue weighted by molar-refractivity contribution is 7.52. The first kappa shape index (κ1) is 30.0. The zero-order valence-electron chi connectivity index (χ0n) is 22.5. The van der Waals surface area contributed by atoms with E-state index in [4.69, 9.17) is 29.0 Å². The van der Waals surface area contributed by atoms with E-state index in [1.807, 2.05) is 13.8 Å². The molecule has 39 heavy (non-hydrogen) atoms. The molecule has 0 fully saturated rings. The van der Waals surface area contributed by atoms with Crippen LogP contribution in [-0.2, 0) is 30.1 Å². The summed E-state index contributed by atoms with van der Waals surface area (Å²) in [5.74, 6) is 0.183. The first-order chi connectivity index (χ1) is 18.8. The lowest BCUT2D eigenvalue weighted by atomic mass is 10.2. The molecule has 0 saturated heterocycles. The number of nitrogens with one attached hydrogen (secondary N) is 1. The number of nitrogens with zero attached hydrogens (tertiary/aromatic N) is 4. The molecule has 3 rings (SSSR count). The van der Waals surface area contributed by atoms with E-state index in [9.17, 15) is 9.36 Å². The van der Waals surface area contributed by atoms with Crippen LogP contribution in [-0.4, -0.2) is 58.0 Å². The number of hydrogen-bond acceptors (Lipinski definition) is 11. The molecule has 0 aliphatic carbocycles. The Morgan fingerprint density at radius 1 is 1.15 bits per heavy atom. The number of para-hydroxylation sites is 1. The summed E-state index contributed by atoms with van der Waals surface area (Å²) in [5, 5.41) is 2.67. The molecule has 0 aliphatic rings. The van der Waals surface area contributed by atoms with Crippen LogP contribution in [0.2, 0.25) is 0 Å². The molecule has 1 aromatic carbocycles. The fourth-order valence-electron chi connectivity index (χ4n) is 3.39. The van der Waals surface area contributed by atoms with Crippen LogP contribution in [0.1, 0.15) is 33.6 Å². The zero-order chi connectivity index (χ0) is 28.3.